The Morgan fingerprint density at radius 2 is 0.638 bits per heavy atom. The molecule has 0 spiro atoms. The number of carbonyl (C=O) groups is 2. The normalized spacial score (nSPS) is 19.5. The van der Waals surface area contributed by atoms with Crippen molar-refractivity contribution < 1.29 is 179 Å². The zero-order chi connectivity index (χ0) is 83.8. The number of carbonyl (C=O) groups excluding carboxylic acids is 2. The lowest BCUT2D eigenvalue weighted by atomic mass is 9.77. The van der Waals surface area contributed by atoms with Gasteiger partial charge < -0.3 is 169 Å². The molecule has 116 heavy (non-hydrogen) atoms. The Morgan fingerprint density at radius 3 is 1.08 bits per heavy atom. The molecule has 4 aliphatic heterocycles. The van der Waals surface area contributed by atoms with E-state index < -0.39 is 188 Å². The van der Waals surface area contributed by atoms with Crippen LogP contribution >= 0.6 is 0 Å². The van der Waals surface area contributed by atoms with Crippen LogP contribution in [0.25, 0.3) is 0 Å². The summed E-state index contributed by atoms with van der Waals surface area (Å²) < 4.78 is 68.5. The molecule has 608 valence electrons. The molecule has 0 saturated heterocycles. The van der Waals surface area contributed by atoms with Crippen molar-refractivity contribution in [2.24, 2.45) is 0 Å². The van der Waals surface area contributed by atoms with Gasteiger partial charge in [0.15, 0.2) is 105 Å². The topological polar surface area (TPSA) is 590 Å². The maximum Gasteiger partial charge on any atom is 0.338 e. The summed E-state index contributed by atoms with van der Waals surface area (Å²) in [6.45, 7) is 0. The SMILES string of the molecule is COc1cc(C(=O)O[C@@H]2Cc3c(OC)cc(O)c([C@H]4c5c(O)cc(O)cc5O[C@H](c5cc(O)c(OC)c(O)c5)[C@@H]4O)c3O[C@@H]2c2cc(O)c(O)c(O)c2)cc(O)c1O.COc1cc([C@H]2Oc3cc(O)cc(O)c3[C@H](c3c(OC)cc(O)c4c3O[C@H](c3cc(O)c(O)c(O)c3)[C@H](OC(=O)c3cc(O)c(OC)c(O)c3)C4)[C@H]2O)cc(O)c1O. The number of rotatable bonds is 16. The Kier molecular flexibility index (Phi) is 20.9. The van der Waals surface area contributed by atoms with Crippen molar-refractivity contribution in [2.75, 3.05) is 42.7 Å². The molecule has 4 aliphatic rings. The Bertz CT molecular complexity index is 5510. The second-order valence-corrected chi connectivity index (χ2v) is 26.9. The number of aliphatic hydroxyl groups is 2. The van der Waals surface area contributed by atoms with Crippen molar-refractivity contribution in [2.45, 2.75) is 73.5 Å². The molecule has 10 aromatic rings. The summed E-state index contributed by atoms with van der Waals surface area (Å²) in [6, 6.07) is 19.4. The van der Waals surface area contributed by atoms with Crippen LogP contribution in [0.3, 0.4) is 0 Å². The summed E-state index contributed by atoms with van der Waals surface area (Å²) in [4.78, 5) is 27.3. The highest BCUT2D eigenvalue weighted by atomic mass is 16.6. The number of esters is 2. The first-order chi connectivity index (χ1) is 55.1. The van der Waals surface area contributed by atoms with E-state index in [2.05, 4.69) is 0 Å². The Balaban J connectivity index is 0.000000202. The van der Waals surface area contributed by atoms with Crippen molar-refractivity contribution in [3.63, 3.8) is 0 Å². The highest BCUT2D eigenvalue weighted by Crippen LogP contribution is 2.62. The van der Waals surface area contributed by atoms with Crippen molar-refractivity contribution in [3.05, 3.63) is 176 Å². The van der Waals surface area contributed by atoms with E-state index in [1.165, 1.54) is 60.9 Å². The second-order valence-electron chi connectivity index (χ2n) is 26.9. The molecule has 0 bridgehead atoms. The summed E-state index contributed by atoms with van der Waals surface area (Å²) in [5.41, 5.74) is -1.02. The van der Waals surface area contributed by atoms with Crippen molar-refractivity contribution >= 4 is 11.9 Å². The number of benzene rings is 10. The minimum absolute atomic E-state index is 0.00126. The summed E-state index contributed by atoms with van der Waals surface area (Å²) >= 11 is 0. The molecule has 0 unspecified atom stereocenters. The molecule has 10 atom stereocenters. The van der Waals surface area contributed by atoms with Crippen LogP contribution in [0.5, 0.6) is 172 Å². The highest BCUT2D eigenvalue weighted by molar-refractivity contribution is 5.92. The third-order valence-corrected chi connectivity index (χ3v) is 20.0. The monoisotopic (exact) mass is 1610 g/mol. The van der Waals surface area contributed by atoms with Crippen LogP contribution in [-0.2, 0) is 22.3 Å². The summed E-state index contributed by atoms with van der Waals surface area (Å²) in [6.07, 6.45) is -12.9. The van der Waals surface area contributed by atoms with Gasteiger partial charge in [0.2, 0.25) is 23.0 Å². The van der Waals surface area contributed by atoms with Crippen LogP contribution in [0.15, 0.2) is 109 Å². The average Bonchev–Trinajstić information content (AvgIpc) is 0.727. The van der Waals surface area contributed by atoms with E-state index >= 15 is 0 Å². The lowest BCUT2D eigenvalue weighted by Crippen LogP contribution is -2.38. The molecule has 0 aromatic heterocycles. The fourth-order valence-corrected chi connectivity index (χ4v) is 14.7. The number of aromatic hydroxyl groups is 20. The zero-order valence-electron chi connectivity index (χ0n) is 61.1. The van der Waals surface area contributed by atoms with Crippen LogP contribution in [0.1, 0.15) is 113 Å². The van der Waals surface area contributed by atoms with Gasteiger partial charge in [0, 0.05) is 105 Å². The van der Waals surface area contributed by atoms with Crippen molar-refractivity contribution in [3.8, 4) is 172 Å². The summed E-state index contributed by atoms with van der Waals surface area (Å²) in [5.74, 6) is -19.7. The molecule has 0 radical (unpaired) electrons. The Hall–Kier alpha value is -14.9. The van der Waals surface area contributed by atoms with Crippen LogP contribution < -0.4 is 47.4 Å². The number of ether oxygens (including phenoxy) is 12. The second kappa shape index (κ2) is 30.6. The molecule has 0 fully saturated rings. The summed E-state index contributed by atoms with van der Waals surface area (Å²) in [5, 5.41) is 237. The maximum atomic E-state index is 13.7. The summed E-state index contributed by atoms with van der Waals surface area (Å²) in [7, 11) is 7.34. The number of hydrogen-bond acceptors (Lipinski definition) is 36. The van der Waals surface area contributed by atoms with Gasteiger partial charge in [-0.25, -0.2) is 9.59 Å². The van der Waals surface area contributed by atoms with Crippen LogP contribution in [0.4, 0.5) is 0 Å². The molecule has 0 saturated carbocycles. The number of phenolic OH excluding ortho intramolecular Hbond substituents is 20. The molecular weight excluding hydrogens is 1540 g/mol. The third kappa shape index (κ3) is 14.0. The minimum atomic E-state index is -1.78. The predicted molar refractivity (Wildman–Crippen MR) is 392 cm³/mol. The number of methoxy groups -OCH3 is 6. The molecule has 0 amide bonds. The van der Waals surface area contributed by atoms with Crippen LogP contribution in [0.2, 0.25) is 0 Å². The standard InChI is InChI=1S/2C40H36O18/c1-53-26-13-19(42)18-12-29(57-40(52)16-7-24(47)39(55-3)25(48)8-16)36(14-4-21(44)33(49)22(45)5-14)58-38(18)31(26)32-30-20(43)10-17(41)11-27(30)56-37(35(32)51)15-6-23(46)34(50)28(9-15)54-2;1-53-26-13-20(43)31(32-30-19(42)10-17(41)11-27(30)56-37(35(32)51)15-6-24(47)39(55-3)25(48)7-15)38-18(26)12-29(36(58-38)14-4-21(44)33(49)22(45)5-14)57-40(52)16-8-23(46)34(50)28(9-16)54-2/h2*4-11,13,29,32,35-37,41-51H,12H2,1-3H3/t2*29-,32-,35-,36-,37-/m11/s1. The van der Waals surface area contributed by atoms with Crippen molar-refractivity contribution in [1.29, 1.82) is 0 Å². The Morgan fingerprint density at radius 1 is 0.302 bits per heavy atom. The van der Waals surface area contributed by atoms with E-state index in [0.29, 0.717) is 0 Å². The zero-order valence-corrected chi connectivity index (χ0v) is 61.1. The molecule has 36 heteroatoms. The van der Waals surface area contributed by atoms with Crippen LogP contribution in [-0.4, -0.2) is 191 Å². The molecule has 0 aliphatic carbocycles. The number of aliphatic hydroxyl groups excluding tert-OH is 2. The Labute approximate surface area is 652 Å². The fraction of sp³-hybridized carbons (Fsp3) is 0.225. The molecule has 36 nitrogen and oxygen atoms in total. The minimum Gasteiger partial charge on any atom is -0.508 e. The largest absolute Gasteiger partial charge is 0.508 e. The average molecular weight is 1610 g/mol. The van der Waals surface area contributed by atoms with E-state index in [1.807, 2.05) is 0 Å². The molecular formula is C80H72O36. The van der Waals surface area contributed by atoms with Gasteiger partial charge in [-0.2, -0.15) is 0 Å². The molecule has 22 N–H and O–H groups in total. The third-order valence-electron chi connectivity index (χ3n) is 20.0. The van der Waals surface area contributed by atoms with Gasteiger partial charge in [0.05, 0.1) is 65.6 Å². The van der Waals surface area contributed by atoms with Gasteiger partial charge in [-0.15, -0.1) is 0 Å². The van der Waals surface area contributed by atoms with Gasteiger partial charge in [0.1, 0.15) is 93.4 Å². The molecule has 4 heterocycles. The van der Waals surface area contributed by atoms with Gasteiger partial charge in [-0.3, -0.25) is 0 Å². The first-order valence-electron chi connectivity index (χ1n) is 34.4. The smallest absolute Gasteiger partial charge is 0.338 e. The van der Waals surface area contributed by atoms with E-state index in [-0.39, 0.29) is 137 Å². The quantitative estimate of drug-likeness (QED) is 0.0318. The molecule has 10 aromatic carbocycles. The number of hydrogen-bond donors (Lipinski definition) is 22. The number of phenols is 20. The van der Waals surface area contributed by atoms with E-state index in [0.717, 1.165) is 91.0 Å². The highest BCUT2D eigenvalue weighted by Gasteiger charge is 2.51. The van der Waals surface area contributed by atoms with Gasteiger partial charge in [-0.05, 0) is 72.8 Å². The van der Waals surface area contributed by atoms with Gasteiger partial charge >= 0.3 is 11.9 Å². The lowest BCUT2D eigenvalue weighted by Gasteiger charge is -2.41. The first-order valence-corrected chi connectivity index (χ1v) is 34.4. The van der Waals surface area contributed by atoms with Gasteiger partial charge in [-0.1, -0.05) is 0 Å². The predicted octanol–water partition coefficient (Wildman–Crippen LogP) is 8.59. The fourth-order valence-electron chi connectivity index (χ4n) is 14.7. The number of fused-ring (bicyclic) bond motifs is 4. The lowest BCUT2D eigenvalue weighted by molar-refractivity contribution is -0.0214. The maximum absolute atomic E-state index is 13.7. The van der Waals surface area contributed by atoms with E-state index in [1.54, 1.807) is 0 Å². The van der Waals surface area contributed by atoms with Crippen LogP contribution in [0, 0.1) is 0 Å². The van der Waals surface area contributed by atoms with E-state index in [9.17, 15) is 122 Å². The first kappa shape index (κ1) is 79.2. The van der Waals surface area contributed by atoms with E-state index in [4.69, 9.17) is 56.8 Å². The molecule has 14 rings (SSSR count). The van der Waals surface area contributed by atoms with Gasteiger partial charge in [0.25, 0.3) is 0 Å². The van der Waals surface area contributed by atoms with Crippen molar-refractivity contribution in [1.82, 2.24) is 0 Å².